The van der Waals surface area contributed by atoms with E-state index in [9.17, 15) is 0 Å². The second-order valence-corrected chi connectivity index (χ2v) is 5.86. The summed E-state index contributed by atoms with van der Waals surface area (Å²) in [4.78, 5) is 18.5. The summed E-state index contributed by atoms with van der Waals surface area (Å²) in [6.07, 6.45) is 10.5. The maximum atomic E-state index is 4.45. The van der Waals surface area contributed by atoms with Crippen molar-refractivity contribution in [2.24, 2.45) is 0 Å². The molecule has 0 atom stereocenters. The molecule has 2 N–H and O–H groups in total. The molecule has 118 valence electrons. The third-order valence-electron chi connectivity index (χ3n) is 4.53. The van der Waals surface area contributed by atoms with Gasteiger partial charge in [-0.3, -0.25) is 5.10 Å². The van der Waals surface area contributed by atoms with E-state index in [2.05, 4.69) is 53.4 Å². The molecule has 1 aliphatic rings. The standard InChI is InChI=1S/C17H15N7/c1-2-12-13(8-19-15(12)18-5-1)11-3-6-24(7-4-11)17-14-9-22-23-16(14)20-10-21-17/h1-3,5,8-10H,4,6-7H2,(H,18,19)(H,20,21,22,23). The Bertz CT molecular complexity index is 1060. The van der Waals surface area contributed by atoms with Gasteiger partial charge < -0.3 is 9.88 Å². The summed E-state index contributed by atoms with van der Waals surface area (Å²) in [6.45, 7) is 1.73. The van der Waals surface area contributed by atoms with Crippen molar-refractivity contribution in [3.8, 4) is 0 Å². The predicted molar refractivity (Wildman–Crippen MR) is 92.6 cm³/mol. The Morgan fingerprint density at radius 3 is 3.00 bits per heavy atom. The van der Waals surface area contributed by atoms with Gasteiger partial charge in [0.15, 0.2) is 5.65 Å². The first-order chi connectivity index (χ1) is 11.9. The summed E-state index contributed by atoms with van der Waals surface area (Å²) >= 11 is 0. The van der Waals surface area contributed by atoms with Crippen molar-refractivity contribution in [1.29, 1.82) is 0 Å². The number of hydrogen-bond donors (Lipinski definition) is 2. The van der Waals surface area contributed by atoms with Crippen molar-refractivity contribution in [2.75, 3.05) is 18.0 Å². The van der Waals surface area contributed by atoms with Crippen molar-refractivity contribution in [2.45, 2.75) is 6.42 Å². The molecule has 5 rings (SSSR count). The number of fused-ring (bicyclic) bond motifs is 2. The highest BCUT2D eigenvalue weighted by atomic mass is 15.2. The summed E-state index contributed by atoms with van der Waals surface area (Å²) in [6, 6.07) is 4.09. The summed E-state index contributed by atoms with van der Waals surface area (Å²) in [5.41, 5.74) is 4.31. The normalized spacial score (nSPS) is 15.2. The number of aromatic nitrogens is 6. The number of anilines is 1. The molecular formula is C17H15N7. The highest BCUT2D eigenvalue weighted by Crippen LogP contribution is 2.30. The average molecular weight is 317 g/mol. The van der Waals surface area contributed by atoms with E-state index in [1.165, 1.54) is 16.5 Å². The van der Waals surface area contributed by atoms with Crippen LogP contribution in [0.15, 0.2) is 43.1 Å². The lowest BCUT2D eigenvalue weighted by atomic mass is 9.99. The van der Waals surface area contributed by atoms with Crippen LogP contribution in [0.25, 0.3) is 27.6 Å². The van der Waals surface area contributed by atoms with Crippen molar-refractivity contribution in [3.63, 3.8) is 0 Å². The zero-order valence-electron chi connectivity index (χ0n) is 12.9. The van der Waals surface area contributed by atoms with Crippen LogP contribution in [0.3, 0.4) is 0 Å². The molecule has 0 saturated heterocycles. The Balaban J connectivity index is 1.48. The summed E-state index contributed by atoms with van der Waals surface area (Å²) in [7, 11) is 0. The smallest absolute Gasteiger partial charge is 0.160 e. The quantitative estimate of drug-likeness (QED) is 0.593. The van der Waals surface area contributed by atoms with Gasteiger partial charge in [-0.15, -0.1) is 0 Å². The van der Waals surface area contributed by atoms with Crippen LogP contribution in [0, 0.1) is 0 Å². The monoisotopic (exact) mass is 317 g/mol. The van der Waals surface area contributed by atoms with Gasteiger partial charge >= 0.3 is 0 Å². The molecule has 0 bridgehead atoms. The second kappa shape index (κ2) is 5.16. The van der Waals surface area contributed by atoms with Crippen LogP contribution < -0.4 is 4.90 Å². The molecule has 7 heteroatoms. The fourth-order valence-corrected chi connectivity index (χ4v) is 3.33. The Hall–Kier alpha value is -3.22. The van der Waals surface area contributed by atoms with Crippen molar-refractivity contribution >= 4 is 33.5 Å². The fraction of sp³-hybridized carbons (Fsp3) is 0.176. The third-order valence-corrected chi connectivity index (χ3v) is 4.53. The van der Waals surface area contributed by atoms with Crippen LogP contribution in [0.4, 0.5) is 5.82 Å². The van der Waals surface area contributed by atoms with Crippen LogP contribution in [0.2, 0.25) is 0 Å². The first-order valence-electron chi connectivity index (χ1n) is 7.91. The lowest BCUT2D eigenvalue weighted by Crippen LogP contribution is -2.29. The van der Waals surface area contributed by atoms with Gasteiger partial charge in [0.2, 0.25) is 0 Å². The van der Waals surface area contributed by atoms with Gasteiger partial charge in [-0.2, -0.15) is 5.10 Å². The molecule has 0 aromatic carbocycles. The minimum absolute atomic E-state index is 0.775. The van der Waals surface area contributed by atoms with Crippen LogP contribution in [0.1, 0.15) is 12.0 Å². The third kappa shape index (κ3) is 1.98. The van der Waals surface area contributed by atoms with E-state index in [0.717, 1.165) is 42.0 Å². The van der Waals surface area contributed by atoms with E-state index < -0.39 is 0 Å². The number of pyridine rings is 1. The van der Waals surface area contributed by atoms with Crippen molar-refractivity contribution in [1.82, 2.24) is 30.1 Å². The average Bonchev–Trinajstić information content (AvgIpc) is 3.28. The minimum Gasteiger partial charge on any atom is -0.352 e. The number of H-pyrrole nitrogens is 2. The van der Waals surface area contributed by atoms with E-state index in [-0.39, 0.29) is 0 Å². The predicted octanol–water partition coefficient (Wildman–Crippen LogP) is 2.52. The fourth-order valence-electron chi connectivity index (χ4n) is 3.33. The summed E-state index contributed by atoms with van der Waals surface area (Å²) in [5.74, 6) is 0.935. The SMILES string of the molecule is C1=C(c2c[nH]c3ncccc23)CCN(c2ncnc3[nH]ncc23)C1. The van der Waals surface area contributed by atoms with E-state index in [4.69, 9.17) is 0 Å². The maximum absolute atomic E-state index is 4.45. The van der Waals surface area contributed by atoms with E-state index in [0.29, 0.717) is 0 Å². The van der Waals surface area contributed by atoms with Gasteiger partial charge in [0.1, 0.15) is 17.8 Å². The van der Waals surface area contributed by atoms with E-state index in [1.807, 2.05) is 12.3 Å². The lowest BCUT2D eigenvalue weighted by molar-refractivity contribution is 0.819. The largest absolute Gasteiger partial charge is 0.352 e. The van der Waals surface area contributed by atoms with Crippen LogP contribution >= 0.6 is 0 Å². The minimum atomic E-state index is 0.775. The van der Waals surface area contributed by atoms with Crippen LogP contribution in [-0.2, 0) is 0 Å². The number of aromatic amines is 2. The van der Waals surface area contributed by atoms with Gasteiger partial charge in [0.05, 0.1) is 11.6 Å². The summed E-state index contributed by atoms with van der Waals surface area (Å²) < 4.78 is 0. The molecule has 24 heavy (non-hydrogen) atoms. The summed E-state index contributed by atoms with van der Waals surface area (Å²) in [5, 5.41) is 9.10. The van der Waals surface area contributed by atoms with Crippen LogP contribution in [0.5, 0.6) is 0 Å². The molecular weight excluding hydrogens is 302 g/mol. The first kappa shape index (κ1) is 13.2. The molecule has 0 radical (unpaired) electrons. The topological polar surface area (TPSA) is 86.4 Å². The molecule has 0 fully saturated rings. The number of rotatable bonds is 2. The Kier molecular flexibility index (Phi) is 2.84. The van der Waals surface area contributed by atoms with Gasteiger partial charge in [0, 0.05) is 36.4 Å². The molecule has 0 unspecified atom stereocenters. The van der Waals surface area contributed by atoms with E-state index >= 15 is 0 Å². The van der Waals surface area contributed by atoms with Gasteiger partial charge in [-0.1, -0.05) is 6.08 Å². The van der Waals surface area contributed by atoms with E-state index in [1.54, 1.807) is 12.5 Å². The zero-order valence-corrected chi connectivity index (χ0v) is 12.9. The van der Waals surface area contributed by atoms with Crippen LogP contribution in [-0.4, -0.2) is 43.2 Å². The molecule has 1 aliphatic heterocycles. The molecule has 0 amide bonds. The zero-order chi connectivity index (χ0) is 15.9. The molecule has 4 aromatic heterocycles. The van der Waals surface area contributed by atoms with Gasteiger partial charge in [-0.25, -0.2) is 15.0 Å². The number of nitrogens with zero attached hydrogens (tertiary/aromatic N) is 5. The van der Waals surface area contributed by atoms with Gasteiger partial charge in [0.25, 0.3) is 0 Å². The molecule has 4 aromatic rings. The molecule has 0 saturated carbocycles. The number of nitrogens with one attached hydrogen (secondary N) is 2. The van der Waals surface area contributed by atoms with Gasteiger partial charge in [-0.05, 0) is 24.1 Å². The molecule has 5 heterocycles. The second-order valence-electron chi connectivity index (χ2n) is 5.86. The first-order valence-corrected chi connectivity index (χ1v) is 7.91. The van der Waals surface area contributed by atoms with Crippen molar-refractivity contribution < 1.29 is 0 Å². The Labute approximate surface area is 137 Å². The lowest BCUT2D eigenvalue weighted by Gasteiger charge is -2.27. The Morgan fingerprint density at radius 2 is 2.08 bits per heavy atom. The maximum Gasteiger partial charge on any atom is 0.160 e. The molecule has 0 aliphatic carbocycles. The molecule has 0 spiro atoms. The molecule has 7 nitrogen and oxygen atoms in total. The number of hydrogen-bond acceptors (Lipinski definition) is 5. The highest BCUT2D eigenvalue weighted by molar-refractivity contribution is 5.91. The Morgan fingerprint density at radius 1 is 1.08 bits per heavy atom. The highest BCUT2D eigenvalue weighted by Gasteiger charge is 2.19. The van der Waals surface area contributed by atoms with Crippen molar-refractivity contribution in [3.05, 3.63) is 48.7 Å².